The Morgan fingerprint density at radius 2 is 1.95 bits per heavy atom. The zero-order valence-electron chi connectivity index (χ0n) is 12.4. The topological polar surface area (TPSA) is 64.9 Å². The van der Waals surface area contributed by atoms with Gasteiger partial charge in [0.25, 0.3) is 0 Å². The van der Waals surface area contributed by atoms with E-state index in [-0.39, 0.29) is 5.82 Å². The fourth-order valence-electron chi connectivity index (χ4n) is 2.48. The summed E-state index contributed by atoms with van der Waals surface area (Å²) in [5.74, 6) is 1.48. The molecule has 0 aliphatic heterocycles. The number of nitrogens with zero attached hydrogens (tertiary/aromatic N) is 2. The van der Waals surface area contributed by atoms with Crippen LogP contribution in [0.15, 0.2) is 28.8 Å². The third-order valence-corrected chi connectivity index (χ3v) is 3.61. The fourth-order valence-corrected chi connectivity index (χ4v) is 2.48. The van der Waals surface area contributed by atoms with Gasteiger partial charge in [-0.15, -0.1) is 0 Å². The van der Waals surface area contributed by atoms with Crippen LogP contribution in [0.2, 0.25) is 0 Å². The number of nitrogens with two attached hydrogens (primary N) is 1. The van der Waals surface area contributed by atoms with Crippen molar-refractivity contribution in [2.45, 2.75) is 39.0 Å². The van der Waals surface area contributed by atoms with Crippen molar-refractivity contribution in [3.8, 4) is 11.4 Å². The molecule has 1 unspecified atom stereocenters. The molecule has 0 fully saturated rings. The largest absolute Gasteiger partial charge is 0.339 e. The van der Waals surface area contributed by atoms with E-state index in [1.54, 1.807) is 12.1 Å². The fraction of sp³-hybridized carbons (Fsp3) is 0.500. The van der Waals surface area contributed by atoms with Crippen molar-refractivity contribution >= 4 is 0 Å². The Kier molecular flexibility index (Phi) is 5.87. The molecule has 0 aliphatic rings. The summed E-state index contributed by atoms with van der Waals surface area (Å²) >= 11 is 0. The van der Waals surface area contributed by atoms with E-state index in [0.29, 0.717) is 17.6 Å². The van der Waals surface area contributed by atoms with E-state index in [1.165, 1.54) is 18.6 Å². The van der Waals surface area contributed by atoms with Gasteiger partial charge in [0.05, 0.1) is 0 Å². The number of benzene rings is 1. The van der Waals surface area contributed by atoms with Crippen LogP contribution < -0.4 is 5.73 Å². The minimum absolute atomic E-state index is 0.272. The highest BCUT2D eigenvalue weighted by Gasteiger charge is 2.12. The number of halogens is 1. The molecule has 1 atom stereocenters. The van der Waals surface area contributed by atoms with Gasteiger partial charge in [-0.2, -0.15) is 4.98 Å². The molecule has 0 radical (unpaired) electrons. The first kappa shape index (κ1) is 15.6. The van der Waals surface area contributed by atoms with Crippen LogP contribution >= 0.6 is 0 Å². The maximum atomic E-state index is 12.9. The molecule has 21 heavy (non-hydrogen) atoms. The van der Waals surface area contributed by atoms with Gasteiger partial charge in [-0.1, -0.05) is 24.9 Å². The molecule has 5 heteroatoms. The van der Waals surface area contributed by atoms with Crippen LogP contribution in [0.3, 0.4) is 0 Å². The molecule has 0 saturated heterocycles. The summed E-state index contributed by atoms with van der Waals surface area (Å²) in [6, 6.07) is 6.09. The van der Waals surface area contributed by atoms with E-state index in [2.05, 4.69) is 17.1 Å². The average molecular weight is 291 g/mol. The maximum absolute atomic E-state index is 12.9. The van der Waals surface area contributed by atoms with E-state index in [0.717, 1.165) is 37.8 Å². The van der Waals surface area contributed by atoms with Gasteiger partial charge >= 0.3 is 0 Å². The van der Waals surface area contributed by atoms with Crippen LogP contribution in [0.25, 0.3) is 11.4 Å². The molecule has 0 amide bonds. The lowest BCUT2D eigenvalue weighted by molar-refractivity contribution is 0.349. The molecular formula is C16H22FN3O. The smallest absolute Gasteiger partial charge is 0.226 e. The summed E-state index contributed by atoms with van der Waals surface area (Å²) in [5.41, 5.74) is 6.40. The van der Waals surface area contributed by atoms with Crippen molar-refractivity contribution in [3.63, 3.8) is 0 Å². The normalized spacial score (nSPS) is 12.5. The third-order valence-electron chi connectivity index (χ3n) is 3.61. The highest BCUT2D eigenvalue weighted by atomic mass is 19.1. The summed E-state index contributed by atoms with van der Waals surface area (Å²) in [7, 11) is 0. The standard InChI is InChI=1S/C16H22FN3O/c1-2-3-12(10-11-18)4-9-15-19-16(20-21-15)13-5-7-14(17)8-6-13/h5-8,12H,2-4,9-11,18H2,1H3. The van der Waals surface area contributed by atoms with Crippen LogP contribution in [0, 0.1) is 11.7 Å². The lowest BCUT2D eigenvalue weighted by Crippen LogP contribution is -2.09. The predicted molar refractivity (Wildman–Crippen MR) is 80.1 cm³/mol. The van der Waals surface area contributed by atoms with Crippen molar-refractivity contribution in [2.24, 2.45) is 11.7 Å². The predicted octanol–water partition coefficient (Wildman–Crippen LogP) is 3.57. The number of rotatable bonds is 8. The van der Waals surface area contributed by atoms with Gasteiger partial charge in [-0.25, -0.2) is 4.39 Å². The zero-order valence-corrected chi connectivity index (χ0v) is 12.4. The van der Waals surface area contributed by atoms with E-state index in [9.17, 15) is 4.39 Å². The van der Waals surface area contributed by atoms with Gasteiger partial charge in [0.2, 0.25) is 11.7 Å². The first-order valence-corrected chi connectivity index (χ1v) is 7.51. The lowest BCUT2D eigenvalue weighted by Gasteiger charge is -2.13. The Morgan fingerprint density at radius 1 is 1.19 bits per heavy atom. The SMILES string of the molecule is CCCC(CCN)CCc1nc(-c2ccc(F)cc2)no1. The molecule has 0 spiro atoms. The molecule has 0 aliphatic carbocycles. The Morgan fingerprint density at radius 3 is 2.62 bits per heavy atom. The second-order valence-corrected chi connectivity index (χ2v) is 5.29. The summed E-state index contributed by atoms with van der Waals surface area (Å²) in [5, 5.41) is 3.95. The zero-order chi connectivity index (χ0) is 15.1. The first-order chi connectivity index (χ1) is 10.2. The molecule has 4 nitrogen and oxygen atoms in total. The highest BCUT2D eigenvalue weighted by molar-refractivity contribution is 5.53. The molecule has 1 heterocycles. The van der Waals surface area contributed by atoms with Crippen LogP contribution in [0.5, 0.6) is 0 Å². The Labute approximate surface area is 124 Å². The Balaban J connectivity index is 1.95. The molecule has 1 aromatic carbocycles. The summed E-state index contributed by atoms with van der Waals surface area (Å²) < 4.78 is 18.2. The van der Waals surface area contributed by atoms with Gasteiger partial charge in [0, 0.05) is 12.0 Å². The Bertz CT molecular complexity index is 533. The van der Waals surface area contributed by atoms with Gasteiger partial charge in [-0.3, -0.25) is 0 Å². The van der Waals surface area contributed by atoms with Crippen molar-refractivity contribution in [1.29, 1.82) is 0 Å². The van der Waals surface area contributed by atoms with Crippen LogP contribution in [-0.2, 0) is 6.42 Å². The minimum atomic E-state index is -0.272. The number of hydrogen-bond donors (Lipinski definition) is 1. The van der Waals surface area contributed by atoms with Gasteiger partial charge in [-0.05, 0) is 49.6 Å². The lowest BCUT2D eigenvalue weighted by atomic mass is 9.94. The number of hydrogen-bond acceptors (Lipinski definition) is 4. The van der Waals surface area contributed by atoms with Gasteiger partial charge in [0.1, 0.15) is 5.82 Å². The summed E-state index contributed by atoms with van der Waals surface area (Å²) in [4.78, 5) is 4.37. The highest BCUT2D eigenvalue weighted by Crippen LogP contribution is 2.20. The molecule has 0 saturated carbocycles. The van der Waals surface area contributed by atoms with Crippen molar-refractivity contribution < 1.29 is 8.91 Å². The second kappa shape index (κ2) is 7.88. The van der Waals surface area contributed by atoms with Crippen molar-refractivity contribution in [1.82, 2.24) is 10.1 Å². The van der Waals surface area contributed by atoms with E-state index >= 15 is 0 Å². The quantitative estimate of drug-likeness (QED) is 0.807. The molecule has 2 rings (SSSR count). The van der Waals surface area contributed by atoms with E-state index in [4.69, 9.17) is 10.3 Å². The monoisotopic (exact) mass is 291 g/mol. The van der Waals surface area contributed by atoms with Crippen LogP contribution in [0.4, 0.5) is 4.39 Å². The average Bonchev–Trinajstić information content (AvgIpc) is 2.95. The minimum Gasteiger partial charge on any atom is -0.339 e. The summed E-state index contributed by atoms with van der Waals surface area (Å²) in [6.45, 7) is 2.90. The van der Waals surface area contributed by atoms with E-state index in [1.807, 2.05) is 0 Å². The number of aromatic nitrogens is 2. The third kappa shape index (κ3) is 4.63. The molecule has 2 aromatic rings. The van der Waals surface area contributed by atoms with Crippen molar-refractivity contribution in [3.05, 3.63) is 36.0 Å². The molecule has 1 aromatic heterocycles. The molecule has 114 valence electrons. The van der Waals surface area contributed by atoms with Crippen LogP contribution in [-0.4, -0.2) is 16.7 Å². The van der Waals surface area contributed by atoms with Crippen molar-refractivity contribution in [2.75, 3.05) is 6.54 Å². The summed E-state index contributed by atoms with van der Waals surface area (Å²) in [6.07, 6.45) is 5.15. The number of aryl methyl sites for hydroxylation is 1. The molecule has 2 N–H and O–H groups in total. The Hall–Kier alpha value is -1.75. The second-order valence-electron chi connectivity index (χ2n) is 5.29. The van der Waals surface area contributed by atoms with Gasteiger partial charge < -0.3 is 10.3 Å². The van der Waals surface area contributed by atoms with E-state index < -0.39 is 0 Å². The van der Waals surface area contributed by atoms with Crippen LogP contribution in [0.1, 0.15) is 38.5 Å². The maximum Gasteiger partial charge on any atom is 0.226 e. The molecular weight excluding hydrogens is 269 g/mol. The van der Waals surface area contributed by atoms with Gasteiger partial charge in [0.15, 0.2) is 0 Å². The first-order valence-electron chi connectivity index (χ1n) is 7.51. The molecule has 0 bridgehead atoms.